The third-order valence-electron chi connectivity index (χ3n) is 5.00. The van der Waals surface area contributed by atoms with Gasteiger partial charge in [0.2, 0.25) is 0 Å². The number of imidazole rings is 1. The van der Waals surface area contributed by atoms with Crippen molar-refractivity contribution in [3.8, 4) is 0 Å². The topological polar surface area (TPSA) is 46.9 Å². The number of hydrogen-bond donors (Lipinski definition) is 1. The second kappa shape index (κ2) is 7.53. The molecule has 4 rings (SSSR count). The van der Waals surface area contributed by atoms with Crippen LogP contribution in [0.4, 0.5) is 0 Å². The van der Waals surface area contributed by atoms with Crippen LogP contribution in [0.2, 0.25) is 0 Å². The lowest BCUT2D eigenvalue weighted by Gasteiger charge is -2.37. The third kappa shape index (κ3) is 2.89. The lowest BCUT2D eigenvalue weighted by molar-refractivity contribution is 0.0958. The van der Waals surface area contributed by atoms with Crippen LogP contribution in [-0.4, -0.2) is 22.5 Å². The molecule has 4 nitrogen and oxygen atoms in total. The molecule has 3 aromatic carbocycles. The Morgan fingerprint density at radius 2 is 1.21 bits per heavy atom. The van der Waals surface area contributed by atoms with E-state index in [4.69, 9.17) is 0 Å². The van der Waals surface area contributed by atoms with Gasteiger partial charge in [-0.2, -0.15) is 0 Å². The molecule has 0 unspecified atom stereocenters. The molecule has 0 spiro atoms. The average Bonchev–Trinajstić information content (AvgIpc) is 3.26. The zero-order valence-electron chi connectivity index (χ0n) is 15.6. The van der Waals surface area contributed by atoms with E-state index in [1.807, 2.05) is 65.4 Å². The summed E-state index contributed by atoms with van der Waals surface area (Å²) in [5.41, 5.74) is 3.01. The number of nitrogens with zero attached hydrogens (tertiary/aromatic N) is 2. The van der Waals surface area contributed by atoms with Crippen LogP contribution in [-0.2, 0) is 5.54 Å². The number of benzene rings is 3. The number of hydrogen-bond acceptors (Lipinski definition) is 2. The van der Waals surface area contributed by atoms with E-state index in [0.717, 1.165) is 16.7 Å². The van der Waals surface area contributed by atoms with Gasteiger partial charge in [-0.15, -0.1) is 0 Å². The van der Waals surface area contributed by atoms with E-state index in [-0.39, 0.29) is 5.91 Å². The zero-order valence-corrected chi connectivity index (χ0v) is 15.6. The molecule has 0 saturated heterocycles. The molecule has 0 aliphatic rings. The lowest BCUT2D eigenvalue weighted by atomic mass is 9.77. The van der Waals surface area contributed by atoms with Crippen molar-refractivity contribution in [2.24, 2.45) is 0 Å². The Bertz CT molecular complexity index is 960. The minimum absolute atomic E-state index is 0.207. The van der Waals surface area contributed by atoms with Crippen molar-refractivity contribution >= 4 is 5.91 Å². The van der Waals surface area contributed by atoms with Gasteiger partial charge in [-0.05, 0) is 16.7 Å². The molecule has 0 bridgehead atoms. The van der Waals surface area contributed by atoms with Crippen LogP contribution in [0.3, 0.4) is 0 Å². The molecule has 0 atom stereocenters. The Morgan fingerprint density at radius 1 is 0.786 bits per heavy atom. The van der Waals surface area contributed by atoms with Gasteiger partial charge in [0.15, 0.2) is 0 Å². The van der Waals surface area contributed by atoms with Crippen molar-refractivity contribution < 1.29 is 4.79 Å². The maximum Gasteiger partial charge on any atom is 0.271 e. The quantitative estimate of drug-likeness (QED) is 0.540. The van der Waals surface area contributed by atoms with Gasteiger partial charge >= 0.3 is 0 Å². The second-order valence-electron chi connectivity index (χ2n) is 6.55. The fraction of sp³-hybridized carbons (Fsp3) is 0.0833. The summed E-state index contributed by atoms with van der Waals surface area (Å²) in [6, 6.07) is 30.9. The number of carbonyl (C=O) groups excluding carboxylic acids is 1. The van der Waals surface area contributed by atoms with Crippen LogP contribution >= 0.6 is 0 Å². The lowest BCUT2D eigenvalue weighted by Crippen LogP contribution is -2.37. The van der Waals surface area contributed by atoms with E-state index in [0.29, 0.717) is 5.69 Å². The molecule has 28 heavy (non-hydrogen) atoms. The summed E-state index contributed by atoms with van der Waals surface area (Å²) in [7, 11) is 1.61. The summed E-state index contributed by atoms with van der Waals surface area (Å²) in [5, 5.41) is 2.65. The molecule has 4 aromatic rings. The highest BCUT2D eigenvalue weighted by atomic mass is 16.1. The summed E-state index contributed by atoms with van der Waals surface area (Å²) in [5.74, 6) is -0.207. The fourth-order valence-corrected chi connectivity index (χ4v) is 3.74. The second-order valence-corrected chi connectivity index (χ2v) is 6.55. The van der Waals surface area contributed by atoms with Crippen LogP contribution < -0.4 is 5.32 Å². The number of carbonyl (C=O) groups is 1. The average molecular weight is 367 g/mol. The van der Waals surface area contributed by atoms with Crippen molar-refractivity contribution in [2.45, 2.75) is 5.54 Å². The number of nitrogens with one attached hydrogen (secondary N) is 1. The maximum atomic E-state index is 12.2. The molecule has 138 valence electrons. The maximum absolute atomic E-state index is 12.2. The number of aromatic nitrogens is 2. The first-order chi connectivity index (χ1) is 13.8. The van der Waals surface area contributed by atoms with Crippen molar-refractivity contribution in [3.05, 3.63) is 126 Å². The van der Waals surface area contributed by atoms with Gasteiger partial charge in [0, 0.05) is 13.2 Å². The first-order valence-corrected chi connectivity index (χ1v) is 9.20. The van der Waals surface area contributed by atoms with Gasteiger partial charge in [-0.3, -0.25) is 4.79 Å². The van der Waals surface area contributed by atoms with Crippen molar-refractivity contribution in [3.63, 3.8) is 0 Å². The third-order valence-corrected chi connectivity index (χ3v) is 5.00. The minimum Gasteiger partial charge on any atom is -0.354 e. The van der Waals surface area contributed by atoms with E-state index in [9.17, 15) is 4.79 Å². The van der Waals surface area contributed by atoms with E-state index in [2.05, 4.69) is 46.7 Å². The predicted octanol–water partition coefficient (Wildman–Crippen LogP) is 4.08. The Kier molecular flexibility index (Phi) is 4.77. The Morgan fingerprint density at radius 3 is 1.61 bits per heavy atom. The highest BCUT2D eigenvalue weighted by Gasteiger charge is 2.38. The summed E-state index contributed by atoms with van der Waals surface area (Å²) in [4.78, 5) is 16.6. The van der Waals surface area contributed by atoms with Crippen LogP contribution in [0.25, 0.3) is 0 Å². The Hall–Kier alpha value is -3.66. The SMILES string of the molecule is CNC(=O)c1cn(C(c2ccccc2)(c2ccccc2)c2ccccc2)cn1. The van der Waals surface area contributed by atoms with Gasteiger partial charge in [-0.1, -0.05) is 91.0 Å². The van der Waals surface area contributed by atoms with Crippen LogP contribution in [0.1, 0.15) is 27.2 Å². The molecule has 1 N–H and O–H groups in total. The molecule has 4 heteroatoms. The van der Waals surface area contributed by atoms with E-state index >= 15 is 0 Å². The molecule has 1 amide bonds. The van der Waals surface area contributed by atoms with E-state index < -0.39 is 5.54 Å². The van der Waals surface area contributed by atoms with Gasteiger partial charge in [0.1, 0.15) is 11.2 Å². The minimum atomic E-state index is -0.650. The summed E-state index contributed by atoms with van der Waals surface area (Å²) in [6.45, 7) is 0. The molecule has 0 fully saturated rings. The largest absolute Gasteiger partial charge is 0.354 e. The summed E-state index contributed by atoms with van der Waals surface area (Å²) in [6.07, 6.45) is 3.55. The fourth-order valence-electron chi connectivity index (χ4n) is 3.74. The molecule has 0 radical (unpaired) electrons. The highest BCUT2D eigenvalue weighted by molar-refractivity contribution is 5.91. The van der Waals surface area contributed by atoms with E-state index in [1.54, 1.807) is 13.4 Å². The standard InChI is InChI=1S/C24H21N3O/c1-25-23(28)22-17-27(18-26-22)24(19-11-5-2-6-12-19,20-13-7-3-8-14-20)21-15-9-4-10-16-21/h2-18H,1H3,(H,25,28). The number of rotatable bonds is 5. The Balaban J connectivity index is 2.07. The summed E-state index contributed by atoms with van der Waals surface area (Å²) >= 11 is 0. The molecular formula is C24H21N3O. The monoisotopic (exact) mass is 367 g/mol. The van der Waals surface area contributed by atoms with Crippen LogP contribution in [0, 0.1) is 0 Å². The van der Waals surface area contributed by atoms with Gasteiger partial charge < -0.3 is 9.88 Å². The van der Waals surface area contributed by atoms with Gasteiger partial charge in [0.05, 0.1) is 6.33 Å². The Labute approximate surface area is 164 Å². The van der Waals surface area contributed by atoms with Crippen LogP contribution in [0.15, 0.2) is 104 Å². The normalized spacial score (nSPS) is 11.2. The van der Waals surface area contributed by atoms with E-state index in [1.165, 1.54) is 0 Å². The number of amides is 1. The van der Waals surface area contributed by atoms with Crippen LogP contribution in [0.5, 0.6) is 0 Å². The van der Waals surface area contributed by atoms with Crippen molar-refractivity contribution in [2.75, 3.05) is 7.05 Å². The first-order valence-electron chi connectivity index (χ1n) is 9.20. The predicted molar refractivity (Wildman–Crippen MR) is 110 cm³/mol. The molecule has 0 aliphatic carbocycles. The molecule has 0 aliphatic heterocycles. The highest BCUT2D eigenvalue weighted by Crippen LogP contribution is 2.40. The smallest absolute Gasteiger partial charge is 0.271 e. The van der Waals surface area contributed by atoms with Gasteiger partial charge in [0.25, 0.3) is 5.91 Å². The van der Waals surface area contributed by atoms with Gasteiger partial charge in [-0.25, -0.2) is 4.98 Å². The summed E-state index contributed by atoms with van der Waals surface area (Å²) < 4.78 is 2.03. The van der Waals surface area contributed by atoms with Crippen molar-refractivity contribution in [1.82, 2.24) is 14.9 Å². The molecule has 1 aromatic heterocycles. The molecule has 1 heterocycles. The molecule has 0 saturated carbocycles. The first kappa shape index (κ1) is 17.7. The zero-order chi connectivity index (χ0) is 19.4. The van der Waals surface area contributed by atoms with Crippen molar-refractivity contribution in [1.29, 1.82) is 0 Å². The molecular weight excluding hydrogens is 346 g/mol.